The van der Waals surface area contributed by atoms with Gasteiger partial charge in [0.15, 0.2) is 0 Å². The van der Waals surface area contributed by atoms with Gasteiger partial charge in [-0.2, -0.15) is 0 Å². The predicted molar refractivity (Wildman–Crippen MR) is 129 cm³/mol. The predicted octanol–water partition coefficient (Wildman–Crippen LogP) is 3.46. The highest BCUT2D eigenvalue weighted by atomic mass is 16.5. The minimum absolute atomic E-state index is 0.0714. The van der Waals surface area contributed by atoms with Gasteiger partial charge in [0.05, 0.1) is 20.3 Å². The van der Waals surface area contributed by atoms with E-state index in [9.17, 15) is 14.4 Å². The van der Waals surface area contributed by atoms with Crippen LogP contribution in [-0.4, -0.2) is 50.1 Å². The molecule has 34 heavy (non-hydrogen) atoms. The first-order chi connectivity index (χ1) is 16.4. The number of carbonyl (C=O) groups is 2. The Morgan fingerprint density at radius 2 is 1.85 bits per heavy atom. The van der Waals surface area contributed by atoms with Gasteiger partial charge >= 0.3 is 5.63 Å². The second-order valence-corrected chi connectivity index (χ2v) is 8.29. The van der Waals surface area contributed by atoms with Crippen molar-refractivity contribution in [3.05, 3.63) is 69.1 Å². The average molecular weight is 465 g/mol. The summed E-state index contributed by atoms with van der Waals surface area (Å²) in [5.41, 5.74) is 3.10. The third kappa shape index (κ3) is 4.82. The Bertz CT molecular complexity index is 1290. The summed E-state index contributed by atoms with van der Waals surface area (Å²) in [5.74, 6) is 0.289. The number of benzene rings is 2. The maximum Gasteiger partial charge on any atom is 0.339 e. The Labute approximate surface area is 197 Å². The Balaban J connectivity index is 1.47. The van der Waals surface area contributed by atoms with E-state index < -0.39 is 5.63 Å². The quantitative estimate of drug-likeness (QED) is 0.561. The number of morpholine rings is 1. The number of hydrogen-bond acceptors (Lipinski definition) is 6. The van der Waals surface area contributed by atoms with E-state index in [-0.39, 0.29) is 24.7 Å². The van der Waals surface area contributed by atoms with Gasteiger partial charge in [-0.15, -0.1) is 0 Å². The maximum absolute atomic E-state index is 12.9. The molecule has 1 fully saturated rings. The molecule has 1 saturated heterocycles. The van der Waals surface area contributed by atoms with Gasteiger partial charge in [-0.3, -0.25) is 9.59 Å². The number of methoxy groups -OCH3 is 1. The Morgan fingerprint density at radius 1 is 1.09 bits per heavy atom. The van der Waals surface area contributed by atoms with Crippen molar-refractivity contribution in [3.63, 3.8) is 0 Å². The van der Waals surface area contributed by atoms with Gasteiger partial charge in [0, 0.05) is 47.8 Å². The first-order valence-corrected chi connectivity index (χ1v) is 11.3. The van der Waals surface area contributed by atoms with Crippen LogP contribution in [0.4, 0.5) is 5.69 Å². The minimum Gasteiger partial charge on any atom is -0.497 e. The van der Waals surface area contributed by atoms with Crippen molar-refractivity contribution < 1.29 is 23.5 Å². The summed E-state index contributed by atoms with van der Waals surface area (Å²) in [6.07, 6.45) is 0.349. The first kappa shape index (κ1) is 23.5. The van der Waals surface area contributed by atoms with E-state index in [1.54, 1.807) is 42.3 Å². The normalized spacial score (nSPS) is 13.7. The van der Waals surface area contributed by atoms with Gasteiger partial charge in [-0.25, -0.2) is 4.79 Å². The molecule has 1 aliphatic rings. The van der Waals surface area contributed by atoms with E-state index in [0.29, 0.717) is 60.0 Å². The first-order valence-electron chi connectivity index (χ1n) is 11.3. The highest BCUT2D eigenvalue weighted by molar-refractivity contribution is 5.99. The van der Waals surface area contributed by atoms with Crippen molar-refractivity contribution in [2.24, 2.45) is 0 Å². The summed E-state index contributed by atoms with van der Waals surface area (Å²) in [7, 11) is 1.55. The minimum atomic E-state index is -0.458. The van der Waals surface area contributed by atoms with Crippen LogP contribution in [0.2, 0.25) is 0 Å². The molecule has 2 amide bonds. The number of fused-ring (bicyclic) bond motifs is 1. The lowest BCUT2D eigenvalue weighted by molar-refractivity contribution is -0.116. The lowest BCUT2D eigenvalue weighted by Crippen LogP contribution is -2.41. The number of nitrogens with one attached hydrogen (secondary N) is 1. The van der Waals surface area contributed by atoms with Crippen LogP contribution in [0.1, 0.15) is 33.5 Å². The van der Waals surface area contributed by atoms with Crippen LogP contribution in [0.5, 0.6) is 5.75 Å². The summed E-state index contributed by atoms with van der Waals surface area (Å²) in [6.45, 7) is 5.82. The number of anilines is 1. The van der Waals surface area contributed by atoms with Crippen molar-refractivity contribution >= 4 is 28.5 Å². The second-order valence-electron chi connectivity index (χ2n) is 8.29. The summed E-state index contributed by atoms with van der Waals surface area (Å²) in [4.78, 5) is 39.9. The standard InChI is InChI=1S/C26H28N2O6/c1-16-19-8-7-18(32-3)15-23(19)34-26(31)21(16)9-10-24(29)27-22-6-4-5-20(17(22)2)25(30)28-11-13-33-14-12-28/h4-8,15H,9-14H2,1-3H3,(H,27,29). The van der Waals surface area contributed by atoms with Gasteiger partial charge in [-0.1, -0.05) is 6.07 Å². The van der Waals surface area contributed by atoms with Crippen molar-refractivity contribution in [1.82, 2.24) is 4.90 Å². The monoisotopic (exact) mass is 464 g/mol. The molecule has 8 nitrogen and oxygen atoms in total. The van der Waals surface area contributed by atoms with Gasteiger partial charge in [0.2, 0.25) is 5.91 Å². The molecule has 8 heteroatoms. The van der Waals surface area contributed by atoms with Crippen LogP contribution >= 0.6 is 0 Å². The maximum atomic E-state index is 12.9. The topological polar surface area (TPSA) is 98.1 Å². The highest BCUT2D eigenvalue weighted by Crippen LogP contribution is 2.25. The fraction of sp³-hybridized carbons (Fsp3) is 0.346. The highest BCUT2D eigenvalue weighted by Gasteiger charge is 2.21. The molecule has 178 valence electrons. The van der Waals surface area contributed by atoms with Crippen LogP contribution in [-0.2, 0) is 16.0 Å². The molecular formula is C26H28N2O6. The van der Waals surface area contributed by atoms with Crippen molar-refractivity contribution in [3.8, 4) is 5.75 Å². The number of nitrogens with zero attached hydrogens (tertiary/aromatic N) is 1. The second kappa shape index (κ2) is 10.1. The van der Waals surface area contributed by atoms with Crippen LogP contribution in [0.15, 0.2) is 45.6 Å². The fourth-order valence-corrected chi connectivity index (χ4v) is 4.18. The van der Waals surface area contributed by atoms with Crippen molar-refractivity contribution in [2.45, 2.75) is 26.7 Å². The Morgan fingerprint density at radius 3 is 2.59 bits per heavy atom. The zero-order chi connectivity index (χ0) is 24.2. The molecule has 0 spiro atoms. The lowest BCUT2D eigenvalue weighted by Gasteiger charge is -2.27. The number of carbonyl (C=O) groups excluding carboxylic acids is 2. The summed E-state index contributed by atoms with van der Waals surface area (Å²) in [6, 6.07) is 10.6. The van der Waals surface area contributed by atoms with E-state index in [0.717, 1.165) is 10.9 Å². The molecule has 0 aliphatic carbocycles. The largest absolute Gasteiger partial charge is 0.497 e. The summed E-state index contributed by atoms with van der Waals surface area (Å²) in [5, 5.41) is 3.69. The van der Waals surface area contributed by atoms with Crippen LogP contribution < -0.4 is 15.7 Å². The SMILES string of the molecule is COc1ccc2c(C)c(CCC(=O)Nc3cccc(C(=O)N4CCOCC4)c3C)c(=O)oc2c1. The van der Waals surface area contributed by atoms with Crippen molar-refractivity contribution in [2.75, 3.05) is 38.7 Å². The molecule has 0 unspecified atom stereocenters. The molecule has 1 aliphatic heterocycles. The number of hydrogen-bond donors (Lipinski definition) is 1. The number of amides is 2. The van der Waals surface area contributed by atoms with E-state index in [2.05, 4.69) is 5.32 Å². The third-order valence-electron chi connectivity index (χ3n) is 6.23. The van der Waals surface area contributed by atoms with Crippen molar-refractivity contribution in [1.29, 1.82) is 0 Å². The van der Waals surface area contributed by atoms with E-state index in [1.807, 2.05) is 19.9 Å². The molecule has 0 atom stereocenters. The molecule has 1 aromatic heterocycles. The van der Waals surface area contributed by atoms with Gasteiger partial charge in [-0.05, 0) is 55.7 Å². The summed E-state index contributed by atoms with van der Waals surface area (Å²) < 4.78 is 16.0. The number of ether oxygens (including phenoxy) is 2. The molecular weight excluding hydrogens is 436 g/mol. The lowest BCUT2D eigenvalue weighted by atomic mass is 10.0. The molecule has 0 radical (unpaired) electrons. The number of rotatable bonds is 6. The molecule has 0 saturated carbocycles. The molecule has 0 bridgehead atoms. The Hall–Kier alpha value is -3.65. The van der Waals surface area contributed by atoms with Crippen LogP contribution in [0.25, 0.3) is 11.0 Å². The zero-order valence-electron chi connectivity index (χ0n) is 19.6. The molecule has 3 aromatic rings. The Kier molecular flexibility index (Phi) is 6.98. The van der Waals surface area contributed by atoms with E-state index >= 15 is 0 Å². The molecule has 1 N–H and O–H groups in total. The molecule has 2 heterocycles. The smallest absolute Gasteiger partial charge is 0.339 e. The van der Waals surface area contributed by atoms with Gasteiger partial charge in [0.1, 0.15) is 11.3 Å². The molecule has 4 rings (SSSR count). The number of aryl methyl sites for hydroxylation is 1. The van der Waals surface area contributed by atoms with E-state index in [4.69, 9.17) is 13.9 Å². The van der Waals surface area contributed by atoms with Gasteiger partial charge in [0.25, 0.3) is 5.91 Å². The average Bonchev–Trinajstić information content (AvgIpc) is 2.85. The van der Waals surface area contributed by atoms with Gasteiger partial charge < -0.3 is 24.1 Å². The third-order valence-corrected chi connectivity index (χ3v) is 6.23. The summed E-state index contributed by atoms with van der Waals surface area (Å²) >= 11 is 0. The van der Waals surface area contributed by atoms with Crippen LogP contribution in [0, 0.1) is 13.8 Å². The molecule has 2 aromatic carbocycles. The van der Waals surface area contributed by atoms with E-state index in [1.165, 1.54) is 0 Å². The zero-order valence-corrected chi connectivity index (χ0v) is 19.6. The fourth-order valence-electron chi connectivity index (χ4n) is 4.18. The van der Waals surface area contributed by atoms with Crippen LogP contribution in [0.3, 0.4) is 0 Å².